The number of aryl methyl sites for hydroxylation is 2. The smallest absolute Gasteiger partial charge is 0.162 e. The number of rotatable bonds is 15. The van der Waals surface area contributed by atoms with Crippen LogP contribution in [0.4, 0.5) is 0 Å². The molecule has 10 heterocycles. The molecule has 0 N–H and O–H groups in total. The molecule has 0 bridgehead atoms. The fourth-order valence-corrected chi connectivity index (χ4v) is 11.0. The standard InChI is InChI=1S/C13H17NOS.C13H17NS2.C8H6S2.2C7H5NOS.5C2H6/c1-2-3-4-5-8-13-14-10-12(16-13)11-7-6-9-15-11;1-2-3-4-5-7-11-10-14-13(16-11)12-8-6-9-15-12;1-2-8(10-4-1)7-3-5-9-6-7;1-2-6(9-4-1)7-8-3-5-10-7;1-2-6(9-3-1)7-4-8-5-10-7;5*1-2/h6-7,9-10H,2-5,8H2,1H3;6,8-10H,2-5,7H2,1H3;1-6H;2*1-5H;5*1-2H3. The highest BCUT2D eigenvalue weighted by Gasteiger charge is 2.07. The van der Waals surface area contributed by atoms with E-state index in [-0.39, 0.29) is 0 Å². The summed E-state index contributed by atoms with van der Waals surface area (Å²) < 4.78 is 15.6. The molecule has 0 aliphatic rings. The van der Waals surface area contributed by atoms with Crippen LogP contribution in [-0.2, 0) is 12.8 Å². The van der Waals surface area contributed by atoms with Gasteiger partial charge in [0, 0.05) is 45.5 Å². The van der Waals surface area contributed by atoms with E-state index in [9.17, 15) is 0 Å². The summed E-state index contributed by atoms with van der Waals surface area (Å²) in [7, 11) is 0. The van der Waals surface area contributed by atoms with E-state index < -0.39 is 0 Å². The maximum atomic E-state index is 5.35. The summed E-state index contributed by atoms with van der Waals surface area (Å²) in [6.07, 6.45) is 25.3. The fraction of sp³-hybridized carbons (Fsp3) is 0.379. The Morgan fingerprint density at radius 2 is 1.04 bits per heavy atom. The maximum absolute atomic E-state index is 5.35. The van der Waals surface area contributed by atoms with E-state index in [4.69, 9.17) is 13.3 Å². The molecule has 0 amide bonds. The van der Waals surface area contributed by atoms with E-state index in [0.29, 0.717) is 0 Å². The van der Waals surface area contributed by atoms with Gasteiger partial charge in [0.15, 0.2) is 10.8 Å². The van der Waals surface area contributed by atoms with Crippen molar-refractivity contribution in [2.24, 2.45) is 0 Å². The van der Waals surface area contributed by atoms with Crippen LogP contribution in [0, 0.1) is 0 Å². The van der Waals surface area contributed by atoms with Gasteiger partial charge >= 0.3 is 0 Å². The molecule has 0 aliphatic carbocycles. The average molecular weight is 1110 g/mol. The summed E-state index contributed by atoms with van der Waals surface area (Å²) >= 11 is 12.0. The third kappa shape index (κ3) is 26.4. The minimum atomic E-state index is 0.843. The number of thiophene rings is 3. The minimum Gasteiger partial charge on any atom is -0.463 e. The molecule has 0 unspecified atom stereocenters. The van der Waals surface area contributed by atoms with E-state index in [0.717, 1.165) is 38.5 Å². The zero-order valence-corrected chi connectivity index (χ0v) is 50.5. The molecule has 72 heavy (non-hydrogen) atoms. The predicted molar refractivity (Wildman–Crippen MR) is 325 cm³/mol. The van der Waals surface area contributed by atoms with Crippen LogP contribution >= 0.6 is 79.4 Å². The fourth-order valence-electron chi connectivity index (χ4n) is 5.67. The van der Waals surface area contributed by atoms with Crippen LogP contribution in [0.5, 0.6) is 0 Å². The number of hydrogen-bond acceptors (Lipinski definition) is 14. The summed E-state index contributed by atoms with van der Waals surface area (Å²) in [5, 5.41) is 13.8. The van der Waals surface area contributed by atoms with Crippen LogP contribution in [0.3, 0.4) is 0 Å². The van der Waals surface area contributed by atoms with Gasteiger partial charge in [0.2, 0.25) is 0 Å². The summed E-state index contributed by atoms with van der Waals surface area (Å²) in [5.41, 5.74) is 3.14. The molecule has 0 radical (unpaired) electrons. The first-order valence-corrected chi connectivity index (χ1v) is 31.7. The lowest BCUT2D eigenvalue weighted by molar-refractivity contribution is 0.582. The van der Waals surface area contributed by atoms with Gasteiger partial charge in [-0.3, -0.25) is 4.98 Å². The lowest BCUT2D eigenvalue weighted by Crippen LogP contribution is -1.83. The van der Waals surface area contributed by atoms with Crippen LogP contribution < -0.4 is 0 Å². The molecule has 0 atom stereocenters. The normalized spacial score (nSPS) is 9.39. The van der Waals surface area contributed by atoms with Crippen LogP contribution in [0.1, 0.15) is 144 Å². The molecule has 7 nitrogen and oxygen atoms in total. The molecule has 0 spiro atoms. The van der Waals surface area contributed by atoms with Gasteiger partial charge in [-0.1, -0.05) is 134 Å². The Labute approximate surface area is 461 Å². The summed E-state index contributed by atoms with van der Waals surface area (Å²) in [6, 6.07) is 22.1. The van der Waals surface area contributed by atoms with Gasteiger partial charge < -0.3 is 13.3 Å². The van der Waals surface area contributed by atoms with E-state index in [1.807, 2.05) is 135 Å². The highest BCUT2D eigenvalue weighted by atomic mass is 32.1. The van der Waals surface area contributed by atoms with Gasteiger partial charge in [-0.15, -0.1) is 68.0 Å². The quantitative estimate of drug-likeness (QED) is 0.0945. The molecule has 10 aromatic rings. The van der Waals surface area contributed by atoms with E-state index in [1.54, 1.807) is 105 Å². The molecular weight excluding hydrogens is 1030 g/mol. The number of aromatic nitrogens is 4. The van der Waals surface area contributed by atoms with Gasteiger partial charge in [-0.25, -0.2) is 15.0 Å². The van der Waals surface area contributed by atoms with E-state index >= 15 is 0 Å². The molecule has 0 saturated heterocycles. The van der Waals surface area contributed by atoms with Crippen LogP contribution in [0.2, 0.25) is 0 Å². The van der Waals surface area contributed by atoms with Crippen molar-refractivity contribution in [2.75, 3.05) is 0 Å². The molecule has 14 heteroatoms. The Hall–Kier alpha value is -4.54. The van der Waals surface area contributed by atoms with Gasteiger partial charge in [0.05, 0.1) is 43.9 Å². The van der Waals surface area contributed by atoms with Crippen molar-refractivity contribution in [3.8, 4) is 52.4 Å². The zero-order valence-electron chi connectivity index (χ0n) is 44.8. The largest absolute Gasteiger partial charge is 0.463 e. The molecule has 10 rings (SSSR count). The second-order valence-corrected chi connectivity index (χ2v) is 20.2. The predicted octanol–water partition coefficient (Wildman–Crippen LogP) is 22.9. The van der Waals surface area contributed by atoms with Crippen LogP contribution in [0.15, 0.2) is 156 Å². The average Bonchev–Trinajstić information content (AvgIpc) is 4.28. The molecule has 0 aliphatic heterocycles. The van der Waals surface area contributed by atoms with Crippen molar-refractivity contribution in [2.45, 2.75) is 147 Å². The number of hydrogen-bond donors (Lipinski definition) is 0. The Bertz CT molecular complexity index is 2160. The Morgan fingerprint density at radius 3 is 1.54 bits per heavy atom. The van der Waals surface area contributed by atoms with Gasteiger partial charge in [0.25, 0.3) is 0 Å². The van der Waals surface area contributed by atoms with Crippen molar-refractivity contribution in [3.05, 3.63) is 153 Å². The monoisotopic (exact) mass is 1100 g/mol. The molecule has 392 valence electrons. The lowest BCUT2D eigenvalue weighted by atomic mass is 10.1. The number of thiazole rings is 4. The summed E-state index contributed by atoms with van der Waals surface area (Å²) in [5.74, 6) is 2.66. The first-order valence-electron chi connectivity index (χ1n) is 25.6. The summed E-state index contributed by atoms with van der Waals surface area (Å²) in [6.45, 7) is 24.5. The molecule has 10 aromatic heterocycles. The van der Waals surface area contributed by atoms with Crippen molar-refractivity contribution < 1.29 is 13.3 Å². The van der Waals surface area contributed by atoms with Crippen molar-refractivity contribution in [1.29, 1.82) is 0 Å². The van der Waals surface area contributed by atoms with Crippen molar-refractivity contribution in [1.82, 2.24) is 19.9 Å². The second kappa shape index (κ2) is 45.1. The molecule has 0 saturated carbocycles. The minimum absolute atomic E-state index is 0.843. The van der Waals surface area contributed by atoms with Crippen LogP contribution in [-0.4, -0.2) is 19.9 Å². The van der Waals surface area contributed by atoms with E-state index in [2.05, 4.69) is 85.6 Å². The summed E-state index contributed by atoms with van der Waals surface area (Å²) in [4.78, 5) is 23.2. The number of furan rings is 3. The SMILES string of the molecule is CC.CC.CC.CC.CC.CCCCCCc1cnc(-c2cccs2)s1.CCCCCCc1ncc(-c2ccco2)s1.c1coc(-c2cncs2)c1.c1coc(-c2nccs2)c1.c1csc(-c2ccsc2)c1. The van der Waals surface area contributed by atoms with Gasteiger partial charge in [0.1, 0.15) is 16.5 Å². The first-order chi connectivity index (χ1) is 35.7. The molecular formula is C58H80N4O3S7. The zero-order chi connectivity index (χ0) is 52.9. The Kier molecular flexibility index (Phi) is 41.0. The maximum Gasteiger partial charge on any atom is 0.162 e. The van der Waals surface area contributed by atoms with Crippen molar-refractivity contribution in [3.63, 3.8) is 0 Å². The number of nitrogens with zero attached hydrogens (tertiary/aromatic N) is 4. The third-order valence-corrected chi connectivity index (χ3v) is 15.2. The van der Waals surface area contributed by atoms with Gasteiger partial charge in [-0.05, 0) is 102 Å². The topological polar surface area (TPSA) is 91.0 Å². The molecule has 0 aromatic carbocycles. The second-order valence-electron chi connectivity index (χ2n) is 13.5. The Balaban J connectivity index is 0.000000436. The van der Waals surface area contributed by atoms with Crippen molar-refractivity contribution >= 4 is 79.4 Å². The highest BCUT2D eigenvalue weighted by molar-refractivity contribution is 7.21. The molecule has 0 fully saturated rings. The lowest BCUT2D eigenvalue weighted by Gasteiger charge is -1.95. The first kappa shape index (κ1) is 65.5. The number of unbranched alkanes of at least 4 members (excludes halogenated alkanes) is 6. The highest BCUT2D eigenvalue weighted by Crippen LogP contribution is 2.31. The van der Waals surface area contributed by atoms with Gasteiger partial charge in [-0.2, -0.15) is 11.3 Å². The Morgan fingerprint density at radius 1 is 0.444 bits per heavy atom. The third-order valence-electron chi connectivity index (χ3n) is 8.81. The van der Waals surface area contributed by atoms with E-state index in [1.165, 1.54) is 88.0 Å². The van der Waals surface area contributed by atoms with Crippen LogP contribution in [0.25, 0.3) is 52.4 Å².